The van der Waals surface area contributed by atoms with Crippen LogP contribution in [0.5, 0.6) is 0 Å². The highest BCUT2D eigenvalue weighted by atomic mass is 19.4. The van der Waals surface area contributed by atoms with Gasteiger partial charge in [-0.05, 0) is 31.2 Å². The van der Waals surface area contributed by atoms with E-state index < -0.39 is 17.6 Å². The molecule has 2 aromatic rings. The highest BCUT2D eigenvalue weighted by Crippen LogP contribution is 2.30. The second kappa shape index (κ2) is 5.28. The van der Waals surface area contributed by atoms with Crippen LogP contribution in [0.1, 0.15) is 21.9 Å². The van der Waals surface area contributed by atoms with Crippen LogP contribution in [0, 0.1) is 6.92 Å². The van der Waals surface area contributed by atoms with Crippen molar-refractivity contribution in [2.75, 3.05) is 5.32 Å². The first kappa shape index (κ1) is 14.0. The van der Waals surface area contributed by atoms with Gasteiger partial charge in [-0.1, -0.05) is 6.07 Å². The normalized spacial score (nSPS) is 11.2. The van der Waals surface area contributed by atoms with Crippen molar-refractivity contribution in [3.63, 3.8) is 0 Å². The number of nitrogens with zero attached hydrogens (tertiary/aromatic N) is 2. The number of amides is 1. The molecule has 0 saturated heterocycles. The highest BCUT2D eigenvalue weighted by molar-refractivity contribution is 6.02. The van der Waals surface area contributed by atoms with Gasteiger partial charge in [0.2, 0.25) is 0 Å². The number of alkyl halides is 3. The average molecular weight is 281 g/mol. The summed E-state index contributed by atoms with van der Waals surface area (Å²) in [6, 6.07) is 5.79. The molecular weight excluding hydrogens is 271 g/mol. The van der Waals surface area contributed by atoms with E-state index >= 15 is 0 Å². The third-order valence-corrected chi connectivity index (χ3v) is 2.46. The molecule has 1 N–H and O–H groups in total. The molecule has 2 rings (SSSR count). The Morgan fingerprint density at radius 3 is 2.65 bits per heavy atom. The topological polar surface area (TPSA) is 54.9 Å². The van der Waals surface area contributed by atoms with Gasteiger partial charge >= 0.3 is 6.18 Å². The molecule has 0 unspecified atom stereocenters. The lowest BCUT2D eigenvalue weighted by atomic mass is 10.2. The molecule has 20 heavy (non-hydrogen) atoms. The number of anilines is 1. The van der Waals surface area contributed by atoms with Crippen molar-refractivity contribution in [3.8, 4) is 0 Å². The third-order valence-electron chi connectivity index (χ3n) is 2.46. The predicted octanol–water partition coefficient (Wildman–Crippen LogP) is 3.06. The lowest BCUT2D eigenvalue weighted by molar-refractivity contribution is -0.137. The number of halogens is 3. The largest absolute Gasteiger partial charge is 0.416 e. The van der Waals surface area contributed by atoms with E-state index in [1.807, 2.05) is 0 Å². The number of hydrogen-bond acceptors (Lipinski definition) is 3. The van der Waals surface area contributed by atoms with Crippen LogP contribution in [0.2, 0.25) is 0 Å². The molecule has 0 aliphatic rings. The van der Waals surface area contributed by atoms with E-state index in [-0.39, 0.29) is 11.4 Å². The second-order valence-corrected chi connectivity index (χ2v) is 4.02. The Hall–Kier alpha value is -2.44. The number of aryl methyl sites for hydroxylation is 1. The van der Waals surface area contributed by atoms with Crippen molar-refractivity contribution in [1.82, 2.24) is 9.97 Å². The minimum Gasteiger partial charge on any atom is -0.321 e. The Kier molecular flexibility index (Phi) is 3.69. The lowest BCUT2D eigenvalue weighted by Crippen LogP contribution is -2.15. The fourth-order valence-electron chi connectivity index (χ4n) is 1.55. The fourth-order valence-corrected chi connectivity index (χ4v) is 1.55. The minimum absolute atomic E-state index is 0.0566. The SMILES string of the molecule is Cc1nccc(C(=O)Nc2cccc(C(F)(F)F)c2)n1. The van der Waals surface area contributed by atoms with Gasteiger partial charge in [0.1, 0.15) is 11.5 Å². The first-order chi connectivity index (χ1) is 9.36. The zero-order valence-corrected chi connectivity index (χ0v) is 10.4. The summed E-state index contributed by atoms with van der Waals surface area (Å²) in [6.07, 6.45) is -3.05. The number of rotatable bonds is 2. The summed E-state index contributed by atoms with van der Waals surface area (Å²) in [6.45, 7) is 1.61. The number of hydrogen-bond donors (Lipinski definition) is 1. The molecule has 0 atom stereocenters. The van der Waals surface area contributed by atoms with Crippen LogP contribution in [-0.2, 0) is 6.18 Å². The summed E-state index contributed by atoms with van der Waals surface area (Å²) in [7, 11) is 0. The van der Waals surface area contributed by atoms with Gasteiger partial charge in [0.25, 0.3) is 5.91 Å². The smallest absolute Gasteiger partial charge is 0.321 e. The molecule has 0 aliphatic carbocycles. The van der Waals surface area contributed by atoms with E-state index in [2.05, 4.69) is 15.3 Å². The summed E-state index contributed by atoms with van der Waals surface area (Å²) in [5.74, 6) is -0.184. The Morgan fingerprint density at radius 1 is 1.25 bits per heavy atom. The fraction of sp³-hybridized carbons (Fsp3) is 0.154. The quantitative estimate of drug-likeness (QED) is 0.920. The maximum atomic E-state index is 12.5. The number of benzene rings is 1. The molecule has 0 spiro atoms. The van der Waals surface area contributed by atoms with Crippen molar-refractivity contribution < 1.29 is 18.0 Å². The maximum absolute atomic E-state index is 12.5. The van der Waals surface area contributed by atoms with Crippen molar-refractivity contribution in [1.29, 1.82) is 0 Å². The molecule has 0 fully saturated rings. The van der Waals surface area contributed by atoms with Gasteiger partial charge < -0.3 is 5.32 Å². The summed E-state index contributed by atoms with van der Waals surface area (Å²) in [4.78, 5) is 19.6. The van der Waals surface area contributed by atoms with Crippen LogP contribution >= 0.6 is 0 Å². The van der Waals surface area contributed by atoms with Gasteiger partial charge in [0, 0.05) is 11.9 Å². The Morgan fingerprint density at radius 2 is 2.00 bits per heavy atom. The van der Waals surface area contributed by atoms with Crippen LogP contribution in [0.25, 0.3) is 0 Å². The van der Waals surface area contributed by atoms with Crippen molar-refractivity contribution in [2.24, 2.45) is 0 Å². The molecular formula is C13H10F3N3O. The van der Waals surface area contributed by atoms with Gasteiger partial charge in [0.15, 0.2) is 0 Å². The maximum Gasteiger partial charge on any atom is 0.416 e. The van der Waals surface area contributed by atoms with Crippen LogP contribution < -0.4 is 5.32 Å². The number of aromatic nitrogens is 2. The third kappa shape index (κ3) is 3.31. The first-order valence-corrected chi connectivity index (χ1v) is 5.64. The zero-order chi connectivity index (χ0) is 14.8. The molecule has 4 nitrogen and oxygen atoms in total. The number of carbonyl (C=O) groups excluding carboxylic acids is 1. The van der Waals surface area contributed by atoms with Crippen molar-refractivity contribution in [2.45, 2.75) is 13.1 Å². The van der Waals surface area contributed by atoms with E-state index in [9.17, 15) is 18.0 Å². The minimum atomic E-state index is -4.45. The Labute approximate surface area is 112 Å². The first-order valence-electron chi connectivity index (χ1n) is 5.64. The summed E-state index contributed by atoms with van der Waals surface area (Å²) in [5.41, 5.74) is -0.676. The van der Waals surface area contributed by atoms with E-state index in [1.165, 1.54) is 24.4 Å². The number of carbonyl (C=O) groups is 1. The standard InChI is InChI=1S/C13H10F3N3O/c1-8-17-6-5-11(18-8)12(20)19-10-4-2-3-9(7-10)13(14,15)16/h2-7H,1H3,(H,19,20). The average Bonchev–Trinajstić information content (AvgIpc) is 2.38. The zero-order valence-electron chi connectivity index (χ0n) is 10.4. The molecule has 1 aromatic carbocycles. The second-order valence-electron chi connectivity index (χ2n) is 4.02. The Balaban J connectivity index is 2.20. The lowest BCUT2D eigenvalue weighted by Gasteiger charge is -2.09. The monoisotopic (exact) mass is 281 g/mol. The van der Waals surface area contributed by atoms with Crippen LogP contribution in [0.4, 0.5) is 18.9 Å². The molecule has 104 valence electrons. The van der Waals surface area contributed by atoms with Gasteiger partial charge in [-0.25, -0.2) is 9.97 Å². The van der Waals surface area contributed by atoms with Gasteiger partial charge in [-0.15, -0.1) is 0 Å². The summed E-state index contributed by atoms with van der Waals surface area (Å²) < 4.78 is 37.6. The highest BCUT2D eigenvalue weighted by Gasteiger charge is 2.30. The molecule has 0 bridgehead atoms. The van der Waals surface area contributed by atoms with E-state index in [0.717, 1.165) is 12.1 Å². The molecule has 1 amide bonds. The molecule has 0 aliphatic heterocycles. The van der Waals surface area contributed by atoms with Gasteiger partial charge in [-0.2, -0.15) is 13.2 Å². The van der Waals surface area contributed by atoms with Crippen LogP contribution in [-0.4, -0.2) is 15.9 Å². The molecule has 7 heteroatoms. The molecule has 1 heterocycles. The molecule has 0 radical (unpaired) electrons. The van der Waals surface area contributed by atoms with E-state index in [1.54, 1.807) is 6.92 Å². The van der Waals surface area contributed by atoms with Crippen LogP contribution in [0.3, 0.4) is 0 Å². The summed E-state index contributed by atoms with van der Waals surface area (Å²) >= 11 is 0. The van der Waals surface area contributed by atoms with Gasteiger partial charge in [-0.3, -0.25) is 4.79 Å². The Bertz CT molecular complexity index is 641. The van der Waals surface area contributed by atoms with Crippen molar-refractivity contribution in [3.05, 3.63) is 53.6 Å². The van der Waals surface area contributed by atoms with E-state index in [4.69, 9.17) is 0 Å². The van der Waals surface area contributed by atoms with Crippen molar-refractivity contribution >= 4 is 11.6 Å². The molecule has 0 saturated carbocycles. The van der Waals surface area contributed by atoms with Crippen LogP contribution in [0.15, 0.2) is 36.5 Å². The summed E-state index contributed by atoms with van der Waals surface area (Å²) in [5, 5.41) is 2.37. The van der Waals surface area contributed by atoms with E-state index in [0.29, 0.717) is 5.82 Å². The van der Waals surface area contributed by atoms with Gasteiger partial charge in [0.05, 0.1) is 5.56 Å². The number of nitrogens with one attached hydrogen (secondary N) is 1. The predicted molar refractivity (Wildman–Crippen MR) is 66.2 cm³/mol. The molecule has 1 aromatic heterocycles.